The first-order valence-electron chi connectivity index (χ1n) is 9.05. The summed E-state index contributed by atoms with van der Waals surface area (Å²) in [7, 11) is 0. The van der Waals surface area contributed by atoms with E-state index in [1.165, 1.54) is 0 Å². The Labute approximate surface area is 154 Å². The third-order valence-electron chi connectivity index (χ3n) is 4.48. The molecule has 1 heterocycles. The van der Waals surface area contributed by atoms with Crippen LogP contribution in [-0.2, 0) is 19.7 Å². The lowest BCUT2D eigenvalue weighted by Gasteiger charge is -2.20. The number of hydrogen-bond acceptors (Lipinski definition) is 4. The molecule has 1 aliphatic rings. The molecule has 1 aromatic rings. The zero-order valence-corrected chi connectivity index (χ0v) is 16.0. The van der Waals surface area contributed by atoms with Crippen molar-refractivity contribution in [3.8, 4) is 0 Å². The summed E-state index contributed by atoms with van der Waals surface area (Å²) in [4.78, 5) is 37.8. The minimum absolute atomic E-state index is 0.0107. The highest BCUT2D eigenvalue weighted by Crippen LogP contribution is 2.22. The molecule has 0 aromatic heterocycles. The smallest absolute Gasteiger partial charge is 0.326 e. The molecule has 1 saturated heterocycles. The molecular formula is C20H28N2O4. The molecule has 2 rings (SSSR count). The number of carbonyl (C=O) groups is 3. The second kappa shape index (κ2) is 8.34. The number of carbonyl (C=O) groups excluding carboxylic acids is 3. The molecule has 1 aliphatic heterocycles. The molecular weight excluding hydrogens is 332 g/mol. The van der Waals surface area contributed by atoms with Gasteiger partial charge >= 0.3 is 5.97 Å². The Hall–Kier alpha value is -2.37. The van der Waals surface area contributed by atoms with Crippen LogP contribution in [0.15, 0.2) is 24.3 Å². The molecule has 0 radical (unpaired) electrons. The zero-order valence-electron chi connectivity index (χ0n) is 16.0. The molecule has 1 N–H and O–H groups in total. The van der Waals surface area contributed by atoms with Gasteiger partial charge in [-0.15, -0.1) is 0 Å². The van der Waals surface area contributed by atoms with E-state index in [9.17, 15) is 14.4 Å². The molecule has 0 aliphatic carbocycles. The van der Waals surface area contributed by atoms with E-state index in [0.29, 0.717) is 18.7 Å². The van der Waals surface area contributed by atoms with Crippen molar-refractivity contribution < 1.29 is 19.1 Å². The van der Waals surface area contributed by atoms with Gasteiger partial charge in [0.1, 0.15) is 6.54 Å². The van der Waals surface area contributed by atoms with Gasteiger partial charge in [-0.1, -0.05) is 32.9 Å². The highest BCUT2D eigenvalue weighted by molar-refractivity contribution is 5.96. The second-order valence-electron chi connectivity index (χ2n) is 7.67. The van der Waals surface area contributed by atoms with Crippen molar-refractivity contribution in [2.75, 3.05) is 19.6 Å². The van der Waals surface area contributed by atoms with Crippen LogP contribution in [0.25, 0.3) is 0 Å². The van der Waals surface area contributed by atoms with Gasteiger partial charge in [0.25, 0.3) is 11.8 Å². The number of rotatable bonds is 5. The normalized spacial score (nSPS) is 15.5. The van der Waals surface area contributed by atoms with Crippen LogP contribution in [0, 0.1) is 0 Å². The van der Waals surface area contributed by atoms with Crippen LogP contribution in [0.3, 0.4) is 0 Å². The first kappa shape index (κ1) is 19.9. The van der Waals surface area contributed by atoms with E-state index >= 15 is 0 Å². The number of benzene rings is 1. The van der Waals surface area contributed by atoms with E-state index in [-0.39, 0.29) is 23.8 Å². The van der Waals surface area contributed by atoms with E-state index in [0.717, 1.165) is 18.4 Å². The zero-order chi connectivity index (χ0) is 19.3. The molecule has 142 valence electrons. The molecule has 1 atom stereocenters. The summed E-state index contributed by atoms with van der Waals surface area (Å²) in [6.07, 6.45) is 1.14. The fraction of sp³-hybridized carbons (Fsp3) is 0.550. The average Bonchev–Trinajstić information content (AvgIpc) is 3.12. The SMILES string of the molecule is C[C@H](OC(=O)CNC(=O)c1ccc(C(C)(C)C)cc1)C(=O)N1CCCC1. The number of hydrogen-bond donors (Lipinski definition) is 1. The fourth-order valence-electron chi connectivity index (χ4n) is 2.86. The maximum Gasteiger partial charge on any atom is 0.326 e. The van der Waals surface area contributed by atoms with Gasteiger partial charge in [-0.25, -0.2) is 0 Å². The molecule has 0 spiro atoms. The van der Waals surface area contributed by atoms with Crippen LogP contribution in [0.5, 0.6) is 0 Å². The van der Waals surface area contributed by atoms with E-state index in [1.807, 2.05) is 12.1 Å². The molecule has 6 heteroatoms. The Kier molecular flexibility index (Phi) is 6.40. The van der Waals surface area contributed by atoms with E-state index in [4.69, 9.17) is 4.74 Å². The molecule has 0 bridgehead atoms. The largest absolute Gasteiger partial charge is 0.451 e. The van der Waals surface area contributed by atoms with Gasteiger partial charge in [-0.2, -0.15) is 0 Å². The van der Waals surface area contributed by atoms with Gasteiger partial charge in [-0.05, 0) is 42.9 Å². The third kappa shape index (κ3) is 5.31. The summed E-state index contributed by atoms with van der Waals surface area (Å²) in [6, 6.07) is 7.29. The van der Waals surface area contributed by atoms with Gasteiger partial charge < -0.3 is 15.0 Å². The Balaban J connectivity index is 1.81. The number of nitrogens with one attached hydrogen (secondary N) is 1. The van der Waals surface area contributed by atoms with E-state index < -0.39 is 12.1 Å². The quantitative estimate of drug-likeness (QED) is 0.818. The topological polar surface area (TPSA) is 75.7 Å². The van der Waals surface area contributed by atoms with Crippen molar-refractivity contribution in [1.82, 2.24) is 10.2 Å². The monoisotopic (exact) mass is 360 g/mol. The number of ether oxygens (including phenoxy) is 1. The van der Waals surface area contributed by atoms with Gasteiger partial charge in [0.05, 0.1) is 0 Å². The Bertz CT molecular complexity index is 655. The summed E-state index contributed by atoms with van der Waals surface area (Å²) in [6.45, 7) is 9.02. The van der Waals surface area contributed by atoms with Crippen LogP contribution in [0.4, 0.5) is 0 Å². The summed E-state index contributed by atoms with van der Waals surface area (Å²) in [5.74, 6) is -1.15. The standard InChI is InChI=1S/C20H28N2O4/c1-14(19(25)22-11-5-6-12-22)26-17(23)13-21-18(24)15-7-9-16(10-8-15)20(2,3)4/h7-10,14H,5-6,11-13H2,1-4H3,(H,21,24)/t14-/m0/s1. The summed E-state index contributed by atoms with van der Waals surface area (Å²) in [5.41, 5.74) is 1.62. The number of amides is 2. The van der Waals surface area contributed by atoms with Gasteiger partial charge in [0, 0.05) is 18.7 Å². The fourth-order valence-corrected chi connectivity index (χ4v) is 2.86. The minimum Gasteiger partial charge on any atom is -0.451 e. The number of nitrogens with zero attached hydrogens (tertiary/aromatic N) is 1. The van der Waals surface area contributed by atoms with Crippen molar-refractivity contribution in [2.45, 2.75) is 52.1 Å². The maximum atomic E-state index is 12.1. The first-order chi connectivity index (χ1) is 12.2. The lowest BCUT2D eigenvalue weighted by molar-refractivity contribution is -0.157. The highest BCUT2D eigenvalue weighted by atomic mass is 16.5. The van der Waals surface area contributed by atoms with Gasteiger partial charge in [-0.3, -0.25) is 14.4 Å². The van der Waals surface area contributed by atoms with Gasteiger partial charge in [0.2, 0.25) is 0 Å². The Morgan fingerprint density at radius 3 is 2.23 bits per heavy atom. The van der Waals surface area contributed by atoms with Crippen molar-refractivity contribution >= 4 is 17.8 Å². The van der Waals surface area contributed by atoms with Crippen LogP contribution in [-0.4, -0.2) is 48.4 Å². The lowest BCUT2D eigenvalue weighted by atomic mass is 9.87. The molecule has 6 nitrogen and oxygen atoms in total. The summed E-state index contributed by atoms with van der Waals surface area (Å²) >= 11 is 0. The Morgan fingerprint density at radius 1 is 1.12 bits per heavy atom. The Morgan fingerprint density at radius 2 is 1.69 bits per heavy atom. The third-order valence-corrected chi connectivity index (χ3v) is 4.48. The highest BCUT2D eigenvalue weighted by Gasteiger charge is 2.26. The van der Waals surface area contributed by atoms with Crippen molar-refractivity contribution in [3.05, 3.63) is 35.4 Å². The lowest BCUT2D eigenvalue weighted by Crippen LogP contribution is -2.40. The van der Waals surface area contributed by atoms with Crippen LogP contribution in [0.1, 0.15) is 56.5 Å². The molecule has 2 amide bonds. The predicted octanol–water partition coefficient (Wildman–Crippen LogP) is 2.27. The average molecular weight is 360 g/mol. The van der Waals surface area contributed by atoms with Crippen LogP contribution >= 0.6 is 0 Å². The van der Waals surface area contributed by atoms with Crippen molar-refractivity contribution in [1.29, 1.82) is 0 Å². The molecule has 0 unspecified atom stereocenters. The molecule has 26 heavy (non-hydrogen) atoms. The predicted molar refractivity (Wildman–Crippen MR) is 98.8 cm³/mol. The second-order valence-corrected chi connectivity index (χ2v) is 7.67. The van der Waals surface area contributed by atoms with Crippen LogP contribution < -0.4 is 5.32 Å². The molecule has 1 aromatic carbocycles. The van der Waals surface area contributed by atoms with Gasteiger partial charge in [0.15, 0.2) is 6.10 Å². The van der Waals surface area contributed by atoms with E-state index in [1.54, 1.807) is 24.0 Å². The number of likely N-dealkylation sites (tertiary alicyclic amines) is 1. The summed E-state index contributed by atoms with van der Waals surface area (Å²) < 4.78 is 5.13. The molecule has 1 fully saturated rings. The first-order valence-corrected chi connectivity index (χ1v) is 9.05. The van der Waals surface area contributed by atoms with Crippen molar-refractivity contribution in [2.24, 2.45) is 0 Å². The van der Waals surface area contributed by atoms with Crippen molar-refractivity contribution in [3.63, 3.8) is 0 Å². The number of esters is 1. The molecule has 0 saturated carbocycles. The van der Waals surface area contributed by atoms with E-state index in [2.05, 4.69) is 26.1 Å². The summed E-state index contributed by atoms with van der Waals surface area (Å²) in [5, 5.41) is 2.53. The minimum atomic E-state index is -0.830. The van der Waals surface area contributed by atoms with Crippen LogP contribution in [0.2, 0.25) is 0 Å². The maximum absolute atomic E-state index is 12.1.